The molecule has 1 aliphatic rings. The van der Waals surface area contributed by atoms with Gasteiger partial charge in [-0.05, 0) is 24.1 Å². The van der Waals surface area contributed by atoms with Crippen LogP contribution in [-0.2, 0) is 21.3 Å². The van der Waals surface area contributed by atoms with E-state index in [4.69, 9.17) is 10.5 Å². The van der Waals surface area contributed by atoms with E-state index < -0.39 is 10.0 Å². The lowest BCUT2D eigenvalue weighted by Gasteiger charge is -2.26. The molecule has 1 aromatic carbocycles. The zero-order chi connectivity index (χ0) is 13.2. The van der Waals surface area contributed by atoms with Gasteiger partial charge >= 0.3 is 0 Å². The SMILES string of the molecule is Cc1cc(CN)ccc1S(=O)(=O)N1CCOCC1. The van der Waals surface area contributed by atoms with Gasteiger partial charge in [-0.3, -0.25) is 0 Å². The summed E-state index contributed by atoms with van der Waals surface area (Å²) in [4.78, 5) is 0.363. The molecule has 0 saturated carbocycles. The van der Waals surface area contributed by atoms with Crippen molar-refractivity contribution in [1.29, 1.82) is 0 Å². The van der Waals surface area contributed by atoms with E-state index in [1.165, 1.54) is 4.31 Å². The monoisotopic (exact) mass is 270 g/mol. The lowest BCUT2D eigenvalue weighted by Crippen LogP contribution is -2.40. The molecule has 0 spiro atoms. The smallest absolute Gasteiger partial charge is 0.243 e. The summed E-state index contributed by atoms with van der Waals surface area (Å²) in [7, 11) is -3.41. The number of rotatable bonds is 3. The maximum Gasteiger partial charge on any atom is 0.243 e. The summed E-state index contributed by atoms with van der Waals surface area (Å²) in [5.74, 6) is 0. The molecule has 0 amide bonds. The van der Waals surface area contributed by atoms with Crippen LogP contribution in [0.2, 0.25) is 0 Å². The van der Waals surface area contributed by atoms with Gasteiger partial charge in [0.2, 0.25) is 10.0 Å². The molecule has 100 valence electrons. The fourth-order valence-electron chi connectivity index (χ4n) is 2.05. The minimum absolute atomic E-state index is 0.363. The molecule has 0 aliphatic carbocycles. The summed E-state index contributed by atoms with van der Waals surface area (Å²) in [5.41, 5.74) is 7.22. The second-order valence-corrected chi connectivity index (χ2v) is 6.23. The largest absolute Gasteiger partial charge is 0.379 e. The van der Waals surface area contributed by atoms with Gasteiger partial charge < -0.3 is 10.5 Å². The predicted molar refractivity (Wildman–Crippen MR) is 68.6 cm³/mol. The number of benzene rings is 1. The lowest BCUT2D eigenvalue weighted by molar-refractivity contribution is 0.0730. The van der Waals surface area contributed by atoms with Crippen LogP contribution in [0.15, 0.2) is 23.1 Å². The van der Waals surface area contributed by atoms with Crippen molar-refractivity contribution in [3.8, 4) is 0 Å². The van der Waals surface area contributed by atoms with Crippen molar-refractivity contribution >= 4 is 10.0 Å². The maximum atomic E-state index is 12.4. The molecule has 5 nitrogen and oxygen atoms in total. The molecule has 0 bridgehead atoms. The van der Waals surface area contributed by atoms with Crippen molar-refractivity contribution in [3.05, 3.63) is 29.3 Å². The van der Waals surface area contributed by atoms with Crippen LogP contribution in [0.25, 0.3) is 0 Å². The Morgan fingerprint density at radius 1 is 1.33 bits per heavy atom. The van der Waals surface area contributed by atoms with Gasteiger partial charge in [0.25, 0.3) is 0 Å². The first-order valence-corrected chi connectivity index (χ1v) is 7.37. The van der Waals surface area contributed by atoms with Crippen molar-refractivity contribution in [2.24, 2.45) is 5.73 Å². The van der Waals surface area contributed by atoms with E-state index in [-0.39, 0.29) is 0 Å². The molecule has 6 heteroatoms. The highest BCUT2D eigenvalue weighted by Gasteiger charge is 2.27. The number of aryl methyl sites for hydroxylation is 1. The number of hydrogen-bond donors (Lipinski definition) is 1. The van der Waals surface area contributed by atoms with E-state index in [1.807, 2.05) is 6.07 Å². The van der Waals surface area contributed by atoms with E-state index in [2.05, 4.69) is 0 Å². The molecular formula is C12H18N2O3S. The summed E-state index contributed by atoms with van der Waals surface area (Å²) in [6, 6.07) is 5.23. The highest BCUT2D eigenvalue weighted by Crippen LogP contribution is 2.21. The van der Waals surface area contributed by atoms with Gasteiger partial charge in [0.1, 0.15) is 0 Å². The molecule has 0 unspecified atom stereocenters. The van der Waals surface area contributed by atoms with E-state index in [9.17, 15) is 8.42 Å². The minimum atomic E-state index is -3.41. The van der Waals surface area contributed by atoms with Crippen molar-refractivity contribution in [3.63, 3.8) is 0 Å². The second-order valence-electron chi connectivity index (χ2n) is 4.32. The Kier molecular flexibility index (Phi) is 4.01. The third kappa shape index (κ3) is 2.56. The van der Waals surface area contributed by atoms with E-state index in [0.29, 0.717) is 37.7 Å². The van der Waals surface area contributed by atoms with Crippen molar-refractivity contribution < 1.29 is 13.2 Å². The number of morpholine rings is 1. The minimum Gasteiger partial charge on any atom is -0.379 e. The molecule has 1 aliphatic heterocycles. The fourth-order valence-corrected chi connectivity index (χ4v) is 3.67. The molecule has 0 atom stereocenters. The highest BCUT2D eigenvalue weighted by atomic mass is 32.2. The zero-order valence-corrected chi connectivity index (χ0v) is 11.2. The topological polar surface area (TPSA) is 72.6 Å². The van der Waals surface area contributed by atoms with Gasteiger partial charge in [0.15, 0.2) is 0 Å². The van der Waals surface area contributed by atoms with Gasteiger partial charge in [0.05, 0.1) is 18.1 Å². The number of sulfonamides is 1. The number of nitrogens with zero attached hydrogens (tertiary/aromatic N) is 1. The van der Waals surface area contributed by atoms with Gasteiger partial charge in [0, 0.05) is 19.6 Å². The molecular weight excluding hydrogens is 252 g/mol. The van der Waals surface area contributed by atoms with Crippen LogP contribution in [0.3, 0.4) is 0 Å². The fraction of sp³-hybridized carbons (Fsp3) is 0.500. The van der Waals surface area contributed by atoms with Crippen LogP contribution in [0.1, 0.15) is 11.1 Å². The standard InChI is InChI=1S/C12H18N2O3S/c1-10-8-11(9-13)2-3-12(10)18(15,16)14-4-6-17-7-5-14/h2-3,8H,4-7,9,13H2,1H3. The molecule has 2 N–H and O–H groups in total. The average molecular weight is 270 g/mol. The predicted octanol–water partition coefficient (Wildman–Crippen LogP) is 0.475. The molecule has 1 aromatic rings. The first-order valence-electron chi connectivity index (χ1n) is 5.93. The maximum absolute atomic E-state index is 12.4. The summed E-state index contributed by atoms with van der Waals surface area (Å²) < 4.78 is 31.5. The summed E-state index contributed by atoms with van der Waals surface area (Å²) >= 11 is 0. The zero-order valence-electron chi connectivity index (χ0n) is 10.4. The Labute approximate surface area is 108 Å². The number of ether oxygens (including phenoxy) is 1. The molecule has 1 heterocycles. The highest BCUT2D eigenvalue weighted by molar-refractivity contribution is 7.89. The normalized spacial score (nSPS) is 17.9. The Balaban J connectivity index is 2.34. The molecule has 18 heavy (non-hydrogen) atoms. The van der Waals surface area contributed by atoms with Crippen LogP contribution in [0.4, 0.5) is 0 Å². The van der Waals surface area contributed by atoms with E-state index >= 15 is 0 Å². The third-order valence-corrected chi connectivity index (χ3v) is 5.12. The van der Waals surface area contributed by atoms with Crippen LogP contribution < -0.4 is 5.73 Å². The van der Waals surface area contributed by atoms with Crippen LogP contribution in [0.5, 0.6) is 0 Å². The van der Waals surface area contributed by atoms with Crippen molar-refractivity contribution in [2.75, 3.05) is 26.3 Å². The Hall–Kier alpha value is -0.950. The Morgan fingerprint density at radius 2 is 2.00 bits per heavy atom. The number of hydrogen-bond acceptors (Lipinski definition) is 4. The summed E-state index contributed by atoms with van der Waals surface area (Å²) in [6.45, 7) is 3.96. The van der Waals surface area contributed by atoms with Crippen LogP contribution >= 0.6 is 0 Å². The second kappa shape index (κ2) is 5.36. The van der Waals surface area contributed by atoms with Gasteiger partial charge in [-0.15, -0.1) is 0 Å². The molecule has 2 rings (SSSR count). The van der Waals surface area contributed by atoms with E-state index in [0.717, 1.165) is 11.1 Å². The van der Waals surface area contributed by atoms with Gasteiger partial charge in [-0.2, -0.15) is 4.31 Å². The van der Waals surface area contributed by atoms with Crippen LogP contribution in [0, 0.1) is 6.92 Å². The quantitative estimate of drug-likeness (QED) is 0.867. The Morgan fingerprint density at radius 3 is 2.56 bits per heavy atom. The van der Waals surface area contributed by atoms with Crippen LogP contribution in [-0.4, -0.2) is 39.0 Å². The average Bonchev–Trinajstić information content (AvgIpc) is 2.39. The molecule has 0 radical (unpaired) electrons. The lowest BCUT2D eigenvalue weighted by atomic mass is 10.1. The molecule has 1 fully saturated rings. The summed E-state index contributed by atoms with van der Waals surface area (Å²) in [5, 5.41) is 0. The molecule has 0 aromatic heterocycles. The van der Waals surface area contributed by atoms with E-state index in [1.54, 1.807) is 19.1 Å². The first-order chi connectivity index (χ1) is 8.55. The third-order valence-electron chi connectivity index (χ3n) is 3.06. The summed E-state index contributed by atoms with van der Waals surface area (Å²) in [6.07, 6.45) is 0. The van der Waals surface area contributed by atoms with Crippen molar-refractivity contribution in [2.45, 2.75) is 18.4 Å². The Bertz CT molecular complexity index is 522. The molecule has 1 saturated heterocycles. The number of nitrogens with two attached hydrogens (primary N) is 1. The van der Waals surface area contributed by atoms with Crippen molar-refractivity contribution in [1.82, 2.24) is 4.31 Å². The first kappa shape index (κ1) is 13.5. The van der Waals surface area contributed by atoms with Gasteiger partial charge in [-0.25, -0.2) is 8.42 Å². The van der Waals surface area contributed by atoms with Gasteiger partial charge in [-0.1, -0.05) is 12.1 Å².